The Labute approximate surface area is 157 Å². The lowest BCUT2D eigenvalue weighted by Gasteiger charge is -2.31. The van der Waals surface area contributed by atoms with Gasteiger partial charge in [0, 0.05) is 49.7 Å². The Morgan fingerprint density at radius 2 is 2.04 bits per heavy atom. The predicted molar refractivity (Wildman–Crippen MR) is 101 cm³/mol. The molecular weight excluding hydrogens is 360 g/mol. The van der Waals surface area contributed by atoms with Crippen LogP contribution < -0.4 is 10.1 Å². The number of hydrogen-bond acceptors (Lipinski definition) is 4. The van der Waals surface area contributed by atoms with Crippen molar-refractivity contribution in [1.82, 2.24) is 10.2 Å². The third-order valence-corrected chi connectivity index (χ3v) is 6.03. The number of piperidine rings is 1. The summed E-state index contributed by atoms with van der Waals surface area (Å²) in [6, 6.07) is 5.38. The van der Waals surface area contributed by atoms with E-state index in [9.17, 15) is 9.59 Å². The molecule has 2 heterocycles. The van der Waals surface area contributed by atoms with Gasteiger partial charge in [0.25, 0.3) is 5.91 Å². The molecule has 0 unspecified atom stereocenters. The van der Waals surface area contributed by atoms with Crippen molar-refractivity contribution in [3.63, 3.8) is 0 Å². The zero-order valence-electron chi connectivity index (χ0n) is 14.3. The summed E-state index contributed by atoms with van der Waals surface area (Å²) < 4.78 is 6.09. The normalized spacial score (nSPS) is 21.2. The number of hydrogen-bond donors (Lipinski definition) is 1. The zero-order chi connectivity index (χ0) is 17.8. The minimum Gasteiger partial charge on any atom is -0.489 e. The summed E-state index contributed by atoms with van der Waals surface area (Å²) in [4.78, 5) is 25.9. The van der Waals surface area contributed by atoms with E-state index in [-0.39, 0.29) is 24.0 Å². The maximum absolute atomic E-state index is 12.6. The summed E-state index contributed by atoms with van der Waals surface area (Å²) in [5.41, 5.74) is 0.485. The lowest BCUT2D eigenvalue weighted by atomic mass is 10.1. The number of nitrogens with one attached hydrogen (secondary N) is 1. The molecule has 1 aromatic rings. The highest BCUT2D eigenvalue weighted by molar-refractivity contribution is 7.99. The summed E-state index contributed by atoms with van der Waals surface area (Å²) in [6.45, 7) is 2.97. The first kappa shape index (κ1) is 18.4. The highest BCUT2D eigenvalue weighted by atomic mass is 35.5. The number of thioether (sulfide) groups is 1. The average molecular weight is 383 g/mol. The van der Waals surface area contributed by atoms with Gasteiger partial charge in [-0.25, -0.2) is 0 Å². The molecule has 1 N–H and O–H groups in total. The van der Waals surface area contributed by atoms with Gasteiger partial charge in [0.2, 0.25) is 5.91 Å². The molecule has 2 amide bonds. The smallest absolute Gasteiger partial charge is 0.255 e. The number of likely N-dealkylation sites (tertiary alicyclic amines) is 1. The summed E-state index contributed by atoms with van der Waals surface area (Å²) in [5.74, 6) is 2.56. The first-order valence-electron chi connectivity index (χ1n) is 8.63. The van der Waals surface area contributed by atoms with Crippen molar-refractivity contribution in [3.8, 4) is 5.75 Å². The molecule has 7 heteroatoms. The largest absolute Gasteiger partial charge is 0.489 e. The van der Waals surface area contributed by atoms with E-state index in [1.807, 2.05) is 16.7 Å². The monoisotopic (exact) mass is 382 g/mol. The number of amides is 2. The minimum atomic E-state index is -0.133. The average Bonchev–Trinajstić information content (AvgIpc) is 3.10. The third-order valence-electron chi connectivity index (χ3n) is 4.63. The molecule has 136 valence electrons. The number of benzene rings is 1. The molecule has 0 radical (unpaired) electrons. The Morgan fingerprint density at radius 3 is 2.68 bits per heavy atom. The second-order valence-corrected chi connectivity index (χ2v) is 8.08. The standard InChI is InChI=1S/C18H23ClN2O3S/c1-12(22)21-7-4-15(5-8-21)24-17-3-2-13(19)10-16(17)18(23)20-14-6-9-25-11-14/h2-3,10,14-15H,4-9,11H2,1H3,(H,20,23)/t14-/m0/s1. The first-order valence-corrected chi connectivity index (χ1v) is 10.2. The van der Waals surface area contributed by atoms with E-state index in [0.717, 1.165) is 30.8 Å². The number of nitrogens with zero attached hydrogens (tertiary/aromatic N) is 1. The number of carbonyl (C=O) groups is 2. The molecule has 3 rings (SSSR count). The van der Waals surface area contributed by atoms with Crippen LogP contribution >= 0.6 is 23.4 Å². The molecule has 0 saturated carbocycles. The van der Waals surface area contributed by atoms with Crippen molar-refractivity contribution in [3.05, 3.63) is 28.8 Å². The highest BCUT2D eigenvalue weighted by Gasteiger charge is 2.25. The van der Waals surface area contributed by atoms with Crippen molar-refractivity contribution in [2.75, 3.05) is 24.6 Å². The van der Waals surface area contributed by atoms with Crippen LogP contribution in [0, 0.1) is 0 Å². The summed E-state index contributed by atoms with van der Waals surface area (Å²) in [6.07, 6.45) is 2.53. The van der Waals surface area contributed by atoms with E-state index in [2.05, 4.69) is 5.32 Å². The van der Waals surface area contributed by atoms with Gasteiger partial charge in [0.05, 0.1) is 5.56 Å². The maximum atomic E-state index is 12.6. The summed E-state index contributed by atoms with van der Waals surface area (Å²) in [7, 11) is 0. The van der Waals surface area contributed by atoms with Crippen LogP contribution in [-0.2, 0) is 4.79 Å². The van der Waals surface area contributed by atoms with Crippen LogP contribution in [-0.4, -0.2) is 53.5 Å². The van der Waals surface area contributed by atoms with Crippen molar-refractivity contribution in [2.24, 2.45) is 0 Å². The first-order chi connectivity index (χ1) is 12.0. The number of carbonyl (C=O) groups excluding carboxylic acids is 2. The van der Waals surface area contributed by atoms with Crippen molar-refractivity contribution >= 4 is 35.2 Å². The molecule has 2 fully saturated rings. The van der Waals surface area contributed by atoms with Gasteiger partial charge in [-0.1, -0.05) is 11.6 Å². The second kappa shape index (κ2) is 8.32. The van der Waals surface area contributed by atoms with Gasteiger partial charge in [0.1, 0.15) is 11.9 Å². The second-order valence-electron chi connectivity index (χ2n) is 6.50. The lowest BCUT2D eigenvalue weighted by molar-refractivity contribution is -0.130. The molecule has 0 spiro atoms. The van der Waals surface area contributed by atoms with Crippen LogP contribution in [0.15, 0.2) is 18.2 Å². The van der Waals surface area contributed by atoms with E-state index >= 15 is 0 Å². The third kappa shape index (κ3) is 4.82. The Kier molecular flexibility index (Phi) is 6.12. The molecule has 25 heavy (non-hydrogen) atoms. The topological polar surface area (TPSA) is 58.6 Å². The van der Waals surface area contributed by atoms with Crippen molar-refractivity contribution in [1.29, 1.82) is 0 Å². The predicted octanol–water partition coefficient (Wildman–Crippen LogP) is 2.97. The maximum Gasteiger partial charge on any atom is 0.255 e. The number of halogens is 1. The number of rotatable bonds is 4. The summed E-state index contributed by atoms with van der Waals surface area (Å²) >= 11 is 7.94. The van der Waals surface area contributed by atoms with E-state index in [1.54, 1.807) is 25.1 Å². The fourth-order valence-corrected chi connectivity index (χ4v) is 4.49. The van der Waals surface area contributed by atoms with Gasteiger partial charge >= 0.3 is 0 Å². The SMILES string of the molecule is CC(=O)N1CCC(Oc2ccc(Cl)cc2C(=O)N[C@H]2CCSC2)CC1. The van der Waals surface area contributed by atoms with Gasteiger partial charge in [-0.2, -0.15) is 11.8 Å². The van der Waals surface area contributed by atoms with Crippen LogP contribution in [0.4, 0.5) is 0 Å². The Morgan fingerprint density at radius 1 is 1.28 bits per heavy atom. The molecule has 0 aromatic heterocycles. The van der Waals surface area contributed by atoms with Crippen LogP contribution in [0.25, 0.3) is 0 Å². The molecule has 2 aliphatic rings. The highest BCUT2D eigenvalue weighted by Crippen LogP contribution is 2.27. The van der Waals surface area contributed by atoms with Crippen LogP contribution in [0.1, 0.15) is 36.5 Å². The quantitative estimate of drug-likeness (QED) is 0.869. The van der Waals surface area contributed by atoms with Crippen LogP contribution in [0.3, 0.4) is 0 Å². The van der Waals surface area contributed by atoms with Gasteiger partial charge in [-0.05, 0) is 30.4 Å². The molecule has 2 aliphatic heterocycles. The van der Waals surface area contributed by atoms with Crippen LogP contribution in [0.2, 0.25) is 5.02 Å². The molecule has 2 saturated heterocycles. The molecule has 1 atom stereocenters. The molecule has 5 nitrogen and oxygen atoms in total. The van der Waals surface area contributed by atoms with Gasteiger partial charge in [0.15, 0.2) is 0 Å². The van der Waals surface area contributed by atoms with Crippen molar-refractivity contribution in [2.45, 2.75) is 38.3 Å². The molecule has 0 bridgehead atoms. The van der Waals surface area contributed by atoms with E-state index in [1.165, 1.54) is 0 Å². The van der Waals surface area contributed by atoms with E-state index in [4.69, 9.17) is 16.3 Å². The Hall–Kier alpha value is -1.40. The van der Waals surface area contributed by atoms with E-state index < -0.39 is 0 Å². The zero-order valence-corrected chi connectivity index (χ0v) is 15.9. The Balaban J connectivity index is 1.66. The minimum absolute atomic E-state index is 0.00496. The van der Waals surface area contributed by atoms with Gasteiger partial charge in [-0.3, -0.25) is 9.59 Å². The molecule has 0 aliphatic carbocycles. The summed E-state index contributed by atoms with van der Waals surface area (Å²) in [5, 5.41) is 3.59. The lowest BCUT2D eigenvalue weighted by Crippen LogP contribution is -2.41. The number of ether oxygens (including phenoxy) is 1. The molecule has 1 aromatic carbocycles. The Bertz CT molecular complexity index is 641. The van der Waals surface area contributed by atoms with Gasteiger partial charge < -0.3 is 15.0 Å². The molecular formula is C18H23ClN2O3S. The fraction of sp³-hybridized carbons (Fsp3) is 0.556. The fourth-order valence-electron chi connectivity index (χ4n) is 3.16. The van der Waals surface area contributed by atoms with Gasteiger partial charge in [-0.15, -0.1) is 0 Å². The van der Waals surface area contributed by atoms with E-state index in [0.29, 0.717) is 29.4 Å². The van der Waals surface area contributed by atoms with Crippen molar-refractivity contribution < 1.29 is 14.3 Å². The van der Waals surface area contributed by atoms with Crippen LogP contribution in [0.5, 0.6) is 5.75 Å².